The zero-order chi connectivity index (χ0) is 16.5. The van der Waals surface area contributed by atoms with Crippen molar-refractivity contribution in [3.05, 3.63) is 29.6 Å². The molecular weight excluding hydrogens is 317 g/mol. The first kappa shape index (κ1) is 19.9. The number of likely N-dealkylation sites (tertiary alicyclic amines) is 1. The van der Waals surface area contributed by atoms with E-state index in [1.165, 1.54) is 6.07 Å². The quantitative estimate of drug-likeness (QED) is 0.887. The summed E-state index contributed by atoms with van der Waals surface area (Å²) in [5.41, 5.74) is 7.17. The van der Waals surface area contributed by atoms with Gasteiger partial charge in [0.15, 0.2) is 0 Å². The van der Waals surface area contributed by atoms with E-state index in [0.29, 0.717) is 0 Å². The molecule has 1 aliphatic heterocycles. The number of nitrogens with two attached hydrogens (primary N) is 1. The minimum absolute atomic E-state index is 0. The zero-order valence-electron chi connectivity index (χ0n) is 14.2. The summed E-state index contributed by atoms with van der Waals surface area (Å²) >= 11 is 0. The molecule has 2 unspecified atom stereocenters. The molecule has 0 bridgehead atoms. The Morgan fingerprint density at radius 1 is 1.48 bits per heavy atom. The molecule has 1 amide bonds. The van der Waals surface area contributed by atoms with E-state index < -0.39 is 5.82 Å². The first-order chi connectivity index (χ1) is 10.2. The van der Waals surface area contributed by atoms with Crippen LogP contribution in [-0.2, 0) is 4.79 Å². The second-order valence-corrected chi connectivity index (χ2v) is 7.00. The van der Waals surface area contributed by atoms with Crippen LogP contribution in [0.2, 0.25) is 0 Å². The lowest BCUT2D eigenvalue weighted by atomic mass is 9.79. The first-order valence-electron chi connectivity index (χ1n) is 7.77. The summed E-state index contributed by atoms with van der Waals surface area (Å²) in [6, 6.07) is 4.64. The summed E-state index contributed by atoms with van der Waals surface area (Å²) in [6.07, 6.45) is 0.865. The minimum Gasteiger partial charge on any atom is -0.327 e. The monoisotopic (exact) mass is 343 g/mol. The predicted octanol–water partition coefficient (Wildman–Crippen LogP) is 2.94. The number of hydrogen-bond donors (Lipinski definition) is 2. The third-order valence-corrected chi connectivity index (χ3v) is 4.65. The van der Waals surface area contributed by atoms with Crippen molar-refractivity contribution < 1.29 is 9.18 Å². The van der Waals surface area contributed by atoms with Crippen molar-refractivity contribution in [1.82, 2.24) is 4.90 Å². The van der Waals surface area contributed by atoms with Gasteiger partial charge in [-0.25, -0.2) is 4.39 Å². The molecule has 0 radical (unpaired) electrons. The highest BCUT2D eigenvalue weighted by atomic mass is 35.5. The Balaban J connectivity index is 0.00000264. The van der Waals surface area contributed by atoms with Crippen LogP contribution in [0.25, 0.3) is 0 Å². The number of halogens is 2. The number of rotatable bonds is 3. The van der Waals surface area contributed by atoms with Gasteiger partial charge in [-0.15, -0.1) is 12.4 Å². The normalized spacial score (nSPS) is 22.1. The number of carbonyl (C=O) groups is 1. The molecule has 0 aromatic heterocycles. The van der Waals surface area contributed by atoms with E-state index in [1.54, 1.807) is 12.1 Å². The predicted molar refractivity (Wildman–Crippen MR) is 94.4 cm³/mol. The Morgan fingerprint density at radius 3 is 2.70 bits per heavy atom. The maximum absolute atomic E-state index is 13.8. The summed E-state index contributed by atoms with van der Waals surface area (Å²) in [6.45, 7) is 9.46. The molecule has 1 aliphatic rings. The topological polar surface area (TPSA) is 58.4 Å². The molecule has 23 heavy (non-hydrogen) atoms. The van der Waals surface area contributed by atoms with E-state index in [4.69, 9.17) is 5.73 Å². The largest absolute Gasteiger partial charge is 0.327 e. The molecule has 4 nitrogen and oxygen atoms in total. The van der Waals surface area contributed by atoms with Gasteiger partial charge in [-0.05, 0) is 43.4 Å². The highest BCUT2D eigenvalue weighted by Gasteiger charge is 2.36. The van der Waals surface area contributed by atoms with E-state index >= 15 is 0 Å². The molecule has 0 saturated carbocycles. The number of nitrogens with one attached hydrogen (secondary N) is 1. The fourth-order valence-electron chi connectivity index (χ4n) is 2.87. The average Bonchev–Trinajstić information content (AvgIpc) is 2.44. The summed E-state index contributed by atoms with van der Waals surface area (Å²) in [4.78, 5) is 14.5. The van der Waals surface area contributed by atoms with Gasteiger partial charge in [0.1, 0.15) is 5.82 Å². The molecule has 2 atom stereocenters. The number of benzene rings is 1. The van der Waals surface area contributed by atoms with Crippen LogP contribution in [0.15, 0.2) is 18.2 Å². The molecule has 130 valence electrons. The summed E-state index contributed by atoms with van der Waals surface area (Å²) in [7, 11) is 0. The van der Waals surface area contributed by atoms with Crippen molar-refractivity contribution in [3.8, 4) is 0 Å². The maximum Gasteiger partial charge on any atom is 0.241 e. The summed E-state index contributed by atoms with van der Waals surface area (Å²) in [5, 5.41) is 2.69. The Kier molecular flexibility index (Phi) is 6.57. The van der Waals surface area contributed by atoms with Gasteiger partial charge in [0, 0.05) is 19.1 Å². The average molecular weight is 344 g/mol. The van der Waals surface area contributed by atoms with Crippen LogP contribution in [0.5, 0.6) is 0 Å². The van der Waals surface area contributed by atoms with Gasteiger partial charge in [0.05, 0.1) is 11.7 Å². The van der Waals surface area contributed by atoms with Crippen LogP contribution < -0.4 is 11.1 Å². The number of piperidine rings is 1. The Hall–Kier alpha value is -1.17. The summed E-state index contributed by atoms with van der Waals surface area (Å²) in [5.74, 6) is -0.587. The van der Waals surface area contributed by atoms with Gasteiger partial charge < -0.3 is 11.1 Å². The molecular formula is C17H27ClFN3O. The van der Waals surface area contributed by atoms with Crippen LogP contribution in [0.1, 0.15) is 32.8 Å². The van der Waals surface area contributed by atoms with Crippen molar-refractivity contribution in [2.75, 3.05) is 18.4 Å². The van der Waals surface area contributed by atoms with E-state index in [2.05, 4.69) is 24.1 Å². The smallest absolute Gasteiger partial charge is 0.241 e. The lowest BCUT2D eigenvalue weighted by Gasteiger charge is -2.44. The van der Waals surface area contributed by atoms with Crippen molar-refractivity contribution in [3.63, 3.8) is 0 Å². The first-order valence-corrected chi connectivity index (χ1v) is 7.77. The molecule has 1 saturated heterocycles. The second kappa shape index (κ2) is 7.60. The standard InChI is InChI=1S/C17H26FN3O.ClH/c1-11-5-6-14(13(18)9-11)20-16(22)12(2)21-8-7-15(19)17(3,4)10-21;/h5-6,9,12,15H,7-8,10,19H2,1-4H3,(H,20,22);1H. The van der Waals surface area contributed by atoms with E-state index in [9.17, 15) is 9.18 Å². The number of nitrogens with zero attached hydrogens (tertiary/aromatic N) is 1. The zero-order valence-corrected chi connectivity index (χ0v) is 15.0. The highest BCUT2D eigenvalue weighted by molar-refractivity contribution is 5.94. The number of hydrogen-bond acceptors (Lipinski definition) is 3. The van der Waals surface area contributed by atoms with Gasteiger partial charge in [0.2, 0.25) is 5.91 Å². The maximum atomic E-state index is 13.8. The number of anilines is 1. The molecule has 6 heteroatoms. The van der Waals surface area contributed by atoms with Gasteiger partial charge in [-0.1, -0.05) is 19.9 Å². The van der Waals surface area contributed by atoms with Crippen LogP contribution in [0, 0.1) is 18.2 Å². The second-order valence-electron chi connectivity index (χ2n) is 7.00. The van der Waals surface area contributed by atoms with E-state index in [-0.39, 0.29) is 41.5 Å². The van der Waals surface area contributed by atoms with Crippen molar-refractivity contribution >= 4 is 24.0 Å². The Labute approximate surface area is 144 Å². The van der Waals surface area contributed by atoms with Crippen LogP contribution in [0.3, 0.4) is 0 Å². The van der Waals surface area contributed by atoms with E-state index in [0.717, 1.165) is 25.1 Å². The fraction of sp³-hybridized carbons (Fsp3) is 0.588. The molecule has 0 aliphatic carbocycles. The highest BCUT2D eigenvalue weighted by Crippen LogP contribution is 2.29. The molecule has 1 heterocycles. The lowest BCUT2D eigenvalue weighted by molar-refractivity contribution is -0.122. The third-order valence-electron chi connectivity index (χ3n) is 4.65. The summed E-state index contributed by atoms with van der Waals surface area (Å²) < 4.78 is 13.8. The number of aryl methyl sites for hydroxylation is 1. The molecule has 2 rings (SSSR count). The SMILES string of the molecule is Cc1ccc(NC(=O)C(C)N2CCC(N)C(C)(C)C2)c(F)c1.Cl. The van der Waals surface area contributed by atoms with Crippen molar-refractivity contribution in [1.29, 1.82) is 0 Å². The number of amides is 1. The van der Waals surface area contributed by atoms with Crippen LogP contribution in [0.4, 0.5) is 10.1 Å². The van der Waals surface area contributed by atoms with Crippen LogP contribution >= 0.6 is 12.4 Å². The molecule has 1 fully saturated rings. The fourth-order valence-corrected chi connectivity index (χ4v) is 2.87. The van der Waals surface area contributed by atoms with Crippen molar-refractivity contribution in [2.24, 2.45) is 11.1 Å². The van der Waals surface area contributed by atoms with Gasteiger partial charge >= 0.3 is 0 Å². The Morgan fingerprint density at radius 2 is 2.13 bits per heavy atom. The molecule has 3 N–H and O–H groups in total. The van der Waals surface area contributed by atoms with Gasteiger partial charge in [-0.3, -0.25) is 9.69 Å². The molecule has 0 spiro atoms. The molecule has 1 aromatic carbocycles. The lowest BCUT2D eigenvalue weighted by Crippen LogP contribution is -2.56. The molecule has 1 aromatic rings. The Bertz CT molecular complexity index is 565. The minimum atomic E-state index is -0.401. The van der Waals surface area contributed by atoms with Crippen LogP contribution in [-0.4, -0.2) is 36.0 Å². The van der Waals surface area contributed by atoms with Gasteiger partial charge in [-0.2, -0.15) is 0 Å². The third kappa shape index (κ3) is 4.66. The van der Waals surface area contributed by atoms with Gasteiger partial charge in [0.25, 0.3) is 0 Å². The van der Waals surface area contributed by atoms with E-state index in [1.807, 2.05) is 13.8 Å². The van der Waals surface area contributed by atoms with Crippen molar-refractivity contribution in [2.45, 2.75) is 46.2 Å². The number of carbonyl (C=O) groups excluding carboxylic acids is 1.